The number of morpholine rings is 1. The van der Waals surface area contributed by atoms with Crippen molar-refractivity contribution in [2.45, 2.75) is 49.9 Å². The standard InChI is InChI=1S/C21H27N5O2S/c1-14(18-24-20(25-28-18)21(2,3)4)29-19-15-7-5-6-8-16(15)22-17(23-19)13-26-9-11-27-12-10-26/h5-8,14H,9-13H2,1-4H3/t14-/m0/s1. The molecule has 3 aromatic rings. The van der Waals surface area contributed by atoms with Crippen LogP contribution in [0.1, 0.15) is 50.5 Å². The molecule has 1 saturated heterocycles. The predicted molar refractivity (Wildman–Crippen MR) is 113 cm³/mol. The van der Waals surface area contributed by atoms with E-state index in [0.717, 1.165) is 60.4 Å². The first-order valence-corrected chi connectivity index (χ1v) is 10.8. The number of nitrogens with zero attached hydrogens (tertiary/aromatic N) is 5. The van der Waals surface area contributed by atoms with E-state index in [1.807, 2.05) is 18.2 Å². The van der Waals surface area contributed by atoms with Gasteiger partial charge in [-0.15, -0.1) is 0 Å². The van der Waals surface area contributed by atoms with E-state index in [2.05, 4.69) is 48.8 Å². The van der Waals surface area contributed by atoms with Crippen molar-refractivity contribution in [2.75, 3.05) is 26.3 Å². The molecule has 4 rings (SSSR count). The Hall–Kier alpha value is -2.03. The van der Waals surface area contributed by atoms with Crippen molar-refractivity contribution in [1.82, 2.24) is 25.0 Å². The molecule has 0 aliphatic carbocycles. The molecular formula is C21H27N5O2S. The lowest BCUT2D eigenvalue weighted by Gasteiger charge is -2.26. The highest BCUT2D eigenvalue weighted by atomic mass is 32.2. The van der Waals surface area contributed by atoms with Crippen molar-refractivity contribution in [1.29, 1.82) is 0 Å². The lowest BCUT2D eigenvalue weighted by molar-refractivity contribution is 0.0330. The molecule has 0 amide bonds. The summed E-state index contributed by atoms with van der Waals surface area (Å²) in [4.78, 5) is 16.6. The van der Waals surface area contributed by atoms with Crippen molar-refractivity contribution < 1.29 is 9.26 Å². The van der Waals surface area contributed by atoms with Crippen molar-refractivity contribution in [3.8, 4) is 0 Å². The Morgan fingerprint density at radius 2 is 1.86 bits per heavy atom. The summed E-state index contributed by atoms with van der Waals surface area (Å²) >= 11 is 1.64. The Bertz CT molecular complexity index is 979. The molecule has 0 unspecified atom stereocenters. The minimum Gasteiger partial charge on any atom is -0.379 e. The quantitative estimate of drug-likeness (QED) is 0.459. The summed E-state index contributed by atoms with van der Waals surface area (Å²) in [5, 5.41) is 6.14. The molecule has 154 valence electrons. The number of hydrogen-bond acceptors (Lipinski definition) is 8. The van der Waals surface area contributed by atoms with E-state index in [1.54, 1.807) is 11.8 Å². The molecule has 2 aromatic heterocycles. The second kappa shape index (κ2) is 8.38. The first kappa shape index (κ1) is 20.3. The third-order valence-corrected chi connectivity index (χ3v) is 5.92. The summed E-state index contributed by atoms with van der Waals surface area (Å²) in [6.45, 7) is 12.4. The monoisotopic (exact) mass is 413 g/mol. The van der Waals surface area contributed by atoms with E-state index in [1.165, 1.54) is 0 Å². The number of ether oxygens (including phenoxy) is 1. The molecule has 0 radical (unpaired) electrons. The Morgan fingerprint density at radius 3 is 2.59 bits per heavy atom. The van der Waals surface area contributed by atoms with E-state index in [0.29, 0.717) is 5.89 Å². The van der Waals surface area contributed by atoms with Crippen LogP contribution in [0, 0.1) is 0 Å². The first-order chi connectivity index (χ1) is 13.9. The van der Waals surface area contributed by atoms with Crippen LogP contribution in [0.5, 0.6) is 0 Å². The maximum Gasteiger partial charge on any atom is 0.239 e. The summed E-state index contributed by atoms with van der Waals surface area (Å²) < 4.78 is 11.0. The van der Waals surface area contributed by atoms with Crippen molar-refractivity contribution >= 4 is 22.7 Å². The van der Waals surface area contributed by atoms with Crippen LogP contribution in [0.3, 0.4) is 0 Å². The van der Waals surface area contributed by atoms with Gasteiger partial charge in [0, 0.05) is 23.9 Å². The maximum atomic E-state index is 5.54. The normalized spacial score (nSPS) is 17.0. The van der Waals surface area contributed by atoms with Crippen LogP contribution in [0.15, 0.2) is 33.8 Å². The van der Waals surface area contributed by atoms with Gasteiger partial charge in [-0.3, -0.25) is 4.90 Å². The minimum atomic E-state index is -0.140. The number of aromatic nitrogens is 4. The molecule has 0 saturated carbocycles. The highest BCUT2D eigenvalue weighted by molar-refractivity contribution is 7.99. The molecule has 0 spiro atoms. The molecule has 1 aliphatic heterocycles. The predicted octanol–water partition coefficient (Wildman–Crippen LogP) is 4.00. The molecular weight excluding hydrogens is 386 g/mol. The Labute approximate surface area is 175 Å². The maximum absolute atomic E-state index is 5.54. The third-order valence-electron chi connectivity index (χ3n) is 4.83. The minimum absolute atomic E-state index is 0.00635. The molecule has 3 heterocycles. The average Bonchev–Trinajstić information content (AvgIpc) is 3.20. The van der Waals surface area contributed by atoms with Crippen LogP contribution in [-0.4, -0.2) is 51.3 Å². The van der Waals surface area contributed by atoms with Gasteiger partial charge in [0.1, 0.15) is 10.9 Å². The SMILES string of the molecule is C[C@H](Sc1nc(CN2CCOCC2)nc2ccccc12)c1nc(C(C)(C)C)no1. The van der Waals surface area contributed by atoms with Crippen LogP contribution in [-0.2, 0) is 16.7 Å². The van der Waals surface area contributed by atoms with E-state index < -0.39 is 0 Å². The van der Waals surface area contributed by atoms with Gasteiger partial charge in [-0.05, 0) is 13.0 Å². The number of para-hydroxylation sites is 1. The van der Waals surface area contributed by atoms with Gasteiger partial charge in [0.15, 0.2) is 5.82 Å². The smallest absolute Gasteiger partial charge is 0.239 e. The van der Waals surface area contributed by atoms with Crippen molar-refractivity contribution in [2.24, 2.45) is 0 Å². The highest BCUT2D eigenvalue weighted by Crippen LogP contribution is 2.37. The fourth-order valence-electron chi connectivity index (χ4n) is 3.14. The fourth-order valence-corrected chi connectivity index (χ4v) is 4.13. The second-order valence-corrected chi connectivity index (χ2v) is 9.65. The number of hydrogen-bond donors (Lipinski definition) is 0. The fraction of sp³-hybridized carbons (Fsp3) is 0.524. The largest absolute Gasteiger partial charge is 0.379 e. The molecule has 1 aliphatic rings. The van der Waals surface area contributed by atoms with E-state index in [9.17, 15) is 0 Å². The van der Waals surface area contributed by atoms with Crippen LogP contribution < -0.4 is 0 Å². The Kier molecular flexibility index (Phi) is 5.85. The van der Waals surface area contributed by atoms with E-state index in [4.69, 9.17) is 19.2 Å². The van der Waals surface area contributed by atoms with Gasteiger partial charge in [-0.25, -0.2) is 9.97 Å². The first-order valence-electron chi connectivity index (χ1n) is 9.96. The number of benzene rings is 1. The third kappa shape index (κ3) is 4.76. The number of fused-ring (bicyclic) bond motifs is 1. The van der Waals surface area contributed by atoms with Gasteiger partial charge in [0.05, 0.1) is 30.5 Å². The molecule has 7 nitrogen and oxygen atoms in total. The Balaban J connectivity index is 1.60. The van der Waals surface area contributed by atoms with Gasteiger partial charge < -0.3 is 9.26 Å². The van der Waals surface area contributed by atoms with Gasteiger partial charge in [-0.2, -0.15) is 4.98 Å². The number of thioether (sulfide) groups is 1. The van der Waals surface area contributed by atoms with Gasteiger partial charge in [0.25, 0.3) is 0 Å². The summed E-state index contributed by atoms with van der Waals surface area (Å²) in [7, 11) is 0. The van der Waals surface area contributed by atoms with Crippen molar-refractivity contribution in [3.63, 3.8) is 0 Å². The second-order valence-electron chi connectivity index (χ2n) is 8.32. The zero-order chi connectivity index (χ0) is 20.4. The van der Waals surface area contributed by atoms with Gasteiger partial charge >= 0.3 is 0 Å². The average molecular weight is 414 g/mol. The van der Waals surface area contributed by atoms with Crippen LogP contribution in [0.25, 0.3) is 10.9 Å². The Morgan fingerprint density at radius 1 is 1.10 bits per heavy atom. The van der Waals surface area contributed by atoms with Crippen molar-refractivity contribution in [3.05, 3.63) is 41.8 Å². The van der Waals surface area contributed by atoms with Crippen LogP contribution in [0.4, 0.5) is 0 Å². The molecule has 1 fully saturated rings. The van der Waals surface area contributed by atoms with Gasteiger partial charge in [0.2, 0.25) is 5.89 Å². The summed E-state index contributed by atoms with van der Waals surface area (Å²) in [5.41, 5.74) is 0.820. The van der Waals surface area contributed by atoms with E-state index in [-0.39, 0.29) is 10.7 Å². The van der Waals surface area contributed by atoms with Crippen LogP contribution in [0.2, 0.25) is 0 Å². The zero-order valence-electron chi connectivity index (χ0n) is 17.4. The lowest BCUT2D eigenvalue weighted by Crippen LogP contribution is -2.36. The summed E-state index contributed by atoms with van der Waals surface area (Å²) in [6.07, 6.45) is 0. The molecule has 1 aromatic carbocycles. The summed E-state index contributed by atoms with van der Waals surface area (Å²) in [5.74, 6) is 2.18. The number of rotatable bonds is 5. The van der Waals surface area contributed by atoms with Gasteiger partial charge in [-0.1, -0.05) is 55.9 Å². The molecule has 29 heavy (non-hydrogen) atoms. The molecule has 0 N–H and O–H groups in total. The van der Waals surface area contributed by atoms with Crippen LogP contribution >= 0.6 is 11.8 Å². The molecule has 1 atom stereocenters. The zero-order valence-corrected chi connectivity index (χ0v) is 18.2. The lowest BCUT2D eigenvalue weighted by atomic mass is 9.96. The van der Waals surface area contributed by atoms with E-state index >= 15 is 0 Å². The summed E-state index contributed by atoms with van der Waals surface area (Å²) in [6, 6.07) is 8.14. The molecule has 8 heteroatoms. The molecule has 0 bridgehead atoms. The highest BCUT2D eigenvalue weighted by Gasteiger charge is 2.24. The topological polar surface area (TPSA) is 77.2 Å².